The molecule has 9 nitrogen and oxygen atoms in total. The summed E-state index contributed by atoms with van der Waals surface area (Å²) in [5, 5.41) is 13.8. The van der Waals surface area contributed by atoms with Crippen LogP contribution in [-0.2, 0) is 27.1 Å². The van der Waals surface area contributed by atoms with Crippen molar-refractivity contribution in [3.63, 3.8) is 0 Å². The maximum Gasteiger partial charge on any atom is 0.282 e. The fourth-order valence-electron chi connectivity index (χ4n) is 3.08. The lowest BCUT2D eigenvalue weighted by molar-refractivity contribution is -0.385. The SMILES string of the molecule is O=C(NCc1ccccc1CS(=O)(=O)N1CCOCC1)c1ccccc1[N+](=O)[O-]. The molecule has 2 aromatic rings. The first kappa shape index (κ1) is 20.9. The van der Waals surface area contributed by atoms with Gasteiger partial charge in [-0.2, -0.15) is 4.31 Å². The lowest BCUT2D eigenvalue weighted by atomic mass is 10.1. The van der Waals surface area contributed by atoms with Gasteiger partial charge in [0.15, 0.2) is 0 Å². The van der Waals surface area contributed by atoms with E-state index in [0.29, 0.717) is 37.4 Å². The lowest BCUT2D eigenvalue weighted by Gasteiger charge is -2.26. The first-order chi connectivity index (χ1) is 13.9. The van der Waals surface area contributed by atoms with Crippen LogP contribution in [0.1, 0.15) is 21.5 Å². The Morgan fingerprint density at radius 3 is 2.38 bits per heavy atom. The summed E-state index contributed by atoms with van der Waals surface area (Å²) in [7, 11) is -3.52. The summed E-state index contributed by atoms with van der Waals surface area (Å²) in [5.41, 5.74) is 0.877. The molecular weight excluding hydrogens is 398 g/mol. The van der Waals surface area contributed by atoms with Gasteiger partial charge in [0, 0.05) is 25.7 Å². The van der Waals surface area contributed by atoms with E-state index in [9.17, 15) is 23.3 Å². The van der Waals surface area contributed by atoms with Crippen LogP contribution in [0.5, 0.6) is 0 Å². The quantitative estimate of drug-likeness (QED) is 0.539. The molecule has 0 radical (unpaired) electrons. The Labute approximate surface area is 168 Å². The Hall–Kier alpha value is -2.82. The van der Waals surface area contributed by atoms with E-state index in [-0.39, 0.29) is 23.5 Å². The smallest absolute Gasteiger partial charge is 0.282 e. The predicted molar refractivity (Wildman–Crippen MR) is 106 cm³/mol. The van der Waals surface area contributed by atoms with E-state index in [1.54, 1.807) is 30.3 Å². The third-order valence-electron chi connectivity index (χ3n) is 4.60. The van der Waals surface area contributed by atoms with Gasteiger partial charge in [-0.1, -0.05) is 36.4 Å². The van der Waals surface area contributed by atoms with E-state index < -0.39 is 20.9 Å². The number of hydrogen-bond acceptors (Lipinski definition) is 6. The summed E-state index contributed by atoms with van der Waals surface area (Å²) < 4.78 is 32.0. The highest BCUT2D eigenvalue weighted by Crippen LogP contribution is 2.19. The highest BCUT2D eigenvalue weighted by Gasteiger charge is 2.25. The highest BCUT2D eigenvalue weighted by molar-refractivity contribution is 7.88. The molecule has 0 aromatic heterocycles. The number of carbonyl (C=O) groups excluding carboxylic acids is 1. The highest BCUT2D eigenvalue weighted by atomic mass is 32.2. The molecule has 154 valence electrons. The number of sulfonamides is 1. The predicted octanol–water partition coefficient (Wildman–Crippen LogP) is 1.69. The van der Waals surface area contributed by atoms with Gasteiger partial charge in [-0.3, -0.25) is 14.9 Å². The van der Waals surface area contributed by atoms with Gasteiger partial charge >= 0.3 is 0 Å². The van der Waals surface area contributed by atoms with E-state index >= 15 is 0 Å². The molecule has 0 atom stereocenters. The summed E-state index contributed by atoms with van der Waals surface area (Å²) in [5.74, 6) is -0.784. The Bertz CT molecular complexity index is 1000. The van der Waals surface area contributed by atoms with Gasteiger partial charge in [0.05, 0.1) is 23.9 Å². The van der Waals surface area contributed by atoms with Crippen LogP contribution in [-0.4, -0.2) is 49.9 Å². The molecule has 0 unspecified atom stereocenters. The van der Waals surface area contributed by atoms with E-state index in [1.165, 1.54) is 22.5 Å². The summed E-state index contributed by atoms with van der Waals surface area (Å²) in [6, 6.07) is 12.6. The number of nitrogens with one attached hydrogen (secondary N) is 1. The van der Waals surface area contributed by atoms with Crippen molar-refractivity contribution in [2.45, 2.75) is 12.3 Å². The molecule has 0 spiro atoms. The van der Waals surface area contributed by atoms with Gasteiger partial charge in [0.25, 0.3) is 11.6 Å². The third kappa shape index (κ3) is 5.17. The Morgan fingerprint density at radius 1 is 1.07 bits per heavy atom. The number of benzene rings is 2. The molecule has 1 N–H and O–H groups in total. The lowest BCUT2D eigenvalue weighted by Crippen LogP contribution is -2.41. The topological polar surface area (TPSA) is 119 Å². The molecule has 29 heavy (non-hydrogen) atoms. The van der Waals surface area contributed by atoms with Gasteiger partial charge < -0.3 is 10.1 Å². The molecule has 0 bridgehead atoms. The Kier molecular flexibility index (Phi) is 6.57. The molecule has 1 amide bonds. The van der Waals surface area contributed by atoms with Crippen LogP contribution < -0.4 is 5.32 Å². The van der Waals surface area contributed by atoms with Gasteiger partial charge in [-0.05, 0) is 17.2 Å². The van der Waals surface area contributed by atoms with Crippen LogP contribution >= 0.6 is 0 Å². The molecule has 3 rings (SSSR count). The van der Waals surface area contributed by atoms with E-state index in [4.69, 9.17) is 4.74 Å². The van der Waals surface area contributed by atoms with Crippen LogP contribution in [0.25, 0.3) is 0 Å². The van der Waals surface area contributed by atoms with E-state index in [0.717, 1.165) is 0 Å². The second-order valence-electron chi connectivity index (χ2n) is 6.49. The van der Waals surface area contributed by atoms with Crippen molar-refractivity contribution in [2.75, 3.05) is 26.3 Å². The molecule has 2 aromatic carbocycles. The maximum absolute atomic E-state index is 12.7. The van der Waals surface area contributed by atoms with Crippen molar-refractivity contribution in [2.24, 2.45) is 0 Å². The first-order valence-corrected chi connectivity index (χ1v) is 10.6. The van der Waals surface area contributed by atoms with Crippen LogP contribution in [0, 0.1) is 10.1 Å². The molecular formula is C19H21N3O6S. The van der Waals surface area contributed by atoms with Crippen LogP contribution in [0.2, 0.25) is 0 Å². The molecule has 0 aliphatic carbocycles. The van der Waals surface area contributed by atoms with Gasteiger partial charge in [0.2, 0.25) is 10.0 Å². The Morgan fingerprint density at radius 2 is 1.69 bits per heavy atom. The monoisotopic (exact) mass is 419 g/mol. The van der Waals surface area contributed by atoms with Gasteiger partial charge in [0.1, 0.15) is 5.56 Å². The van der Waals surface area contributed by atoms with Crippen molar-refractivity contribution in [1.82, 2.24) is 9.62 Å². The molecule has 1 aliphatic rings. The van der Waals surface area contributed by atoms with Crippen molar-refractivity contribution in [1.29, 1.82) is 0 Å². The molecule has 1 fully saturated rings. The van der Waals surface area contributed by atoms with Crippen LogP contribution in [0.4, 0.5) is 5.69 Å². The van der Waals surface area contributed by atoms with E-state index in [2.05, 4.69) is 5.32 Å². The number of nitro benzene ring substituents is 1. The third-order valence-corrected chi connectivity index (χ3v) is 6.43. The maximum atomic E-state index is 12.7. The number of ether oxygens (including phenoxy) is 1. The van der Waals surface area contributed by atoms with Crippen LogP contribution in [0.3, 0.4) is 0 Å². The standard InChI is InChI=1S/C19H21N3O6S/c23-19(17-7-3-4-8-18(17)22(24)25)20-13-15-5-1-2-6-16(15)14-29(26,27)21-9-11-28-12-10-21/h1-8H,9-14H2,(H,20,23). The summed E-state index contributed by atoms with van der Waals surface area (Å²) in [6.07, 6.45) is 0. The van der Waals surface area contributed by atoms with Crippen molar-refractivity contribution < 1.29 is 22.9 Å². The van der Waals surface area contributed by atoms with Gasteiger partial charge in [-0.15, -0.1) is 0 Å². The minimum atomic E-state index is -3.52. The minimum absolute atomic E-state index is 0.0454. The number of hydrogen-bond donors (Lipinski definition) is 1. The zero-order valence-electron chi connectivity index (χ0n) is 15.6. The fraction of sp³-hybridized carbons (Fsp3) is 0.316. The van der Waals surface area contributed by atoms with E-state index in [1.807, 2.05) is 0 Å². The summed E-state index contributed by atoms with van der Waals surface area (Å²) >= 11 is 0. The van der Waals surface area contributed by atoms with Gasteiger partial charge in [-0.25, -0.2) is 8.42 Å². The summed E-state index contributed by atoms with van der Waals surface area (Å²) in [6.45, 7) is 1.43. The second kappa shape index (κ2) is 9.12. The molecule has 10 heteroatoms. The number of rotatable bonds is 7. The molecule has 0 saturated carbocycles. The zero-order valence-corrected chi connectivity index (χ0v) is 16.4. The zero-order chi connectivity index (χ0) is 20.9. The van der Waals surface area contributed by atoms with Crippen LogP contribution in [0.15, 0.2) is 48.5 Å². The Balaban J connectivity index is 1.73. The number of morpholine rings is 1. The average Bonchev–Trinajstić information content (AvgIpc) is 2.73. The molecule has 1 heterocycles. The molecule has 1 saturated heterocycles. The second-order valence-corrected chi connectivity index (χ2v) is 8.46. The average molecular weight is 419 g/mol. The number of nitrogens with zero attached hydrogens (tertiary/aromatic N) is 2. The molecule has 1 aliphatic heterocycles. The van der Waals surface area contributed by atoms with Crippen molar-refractivity contribution in [3.05, 3.63) is 75.3 Å². The first-order valence-electron chi connectivity index (χ1n) is 9.02. The van der Waals surface area contributed by atoms with Crippen molar-refractivity contribution >= 4 is 21.6 Å². The summed E-state index contributed by atoms with van der Waals surface area (Å²) in [4.78, 5) is 22.9. The minimum Gasteiger partial charge on any atom is -0.379 e. The number of para-hydroxylation sites is 1. The number of carbonyl (C=O) groups is 1. The number of nitro groups is 1. The fourth-order valence-corrected chi connectivity index (χ4v) is 4.64. The largest absolute Gasteiger partial charge is 0.379 e. The normalized spacial score (nSPS) is 15.0. The van der Waals surface area contributed by atoms with Crippen molar-refractivity contribution in [3.8, 4) is 0 Å². The number of amides is 1.